The molecule has 0 fully saturated rings. The number of ether oxygens (including phenoxy) is 2. The molecule has 0 spiro atoms. The minimum atomic E-state index is -0.528. The molecule has 0 bridgehead atoms. The molecule has 43 heavy (non-hydrogen) atoms. The van der Waals surface area contributed by atoms with Gasteiger partial charge in [-0.2, -0.15) is 0 Å². The average molecular weight is 708 g/mol. The van der Waals surface area contributed by atoms with Crippen molar-refractivity contribution in [1.29, 1.82) is 0 Å². The number of thioether (sulfide) groups is 1. The topological polar surface area (TPSA) is 106 Å². The van der Waals surface area contributed by atoms with Gasteiger partial charge in [-0.1, -0.05) is 30.3 Å². The van der Waals surface area contributed by atoms with E-state index in [-0.39, 0.29) is 16.9 Å². The van der Waals surface area contributed by atoms with Gasteiger partial charge in [-0.25, -0.2) is 0 Å². The molecule has 0 saturated heterocycles. The second kappa shape index (κ2) is 15.3. The molecule has 220 valence electrons. The molecule has 1 atom stereocenters. The lowest BCUT2D eigenvalue weighted by molar-refractivity contribution is -0.115. The monoisotopic (exact) mass is 707 g/mol. The Labute approximate surface area is 268 Å². The van der Waals surface area contributed by atoms with E-state index in [1.807, 2.05) is 43.3 Å². The Hall–Kier alpha value is -4.29. The number of methoxy groups -OCH3 is 2. The van der Waals surface area contributed by atoms with E-state index in [9.17, 15) is 14.4 Å². The maximum Gasteiger partial charge on any atom is 0.272 e. The summed E-state index contributed by atoms with van der Waals surface area (Å²) in [5, 5.41) is 8.15. The average Bonchev–Trinajstić information content (AvgIpc) is 3.02. The van der Waals surface area contributed by atoms with Crippen molar-refractivity contribution in [2.24, 2.45) is 0 Å². The van der Waals surface area contributed by atoms with Gasteiger partial charge in [0.15, 0.2) is 11.5 Å². The van der Waals surface area contributed by atoms with Crippen LogP contribution in [0.3, 0.4) is 0 Å². The van der Waals surface area contributed by atoms with Gasteiger partial charge in [-0.15, -0.1) is 11.8 Å². The third kappa shape index (κ3) is 8.85. The van der Waals surface area contributed by atoms with E-state index in [4.69, 9.17) is 9.47 Å². The summed E-state index contributed by atoms with van der Waals surface area (Å²) in [5.41, 5.74) is 2.22. The molecule has 4 aromatic carbocycles. The fourth-order valence-electron chi connectivity index (χ4n) is 3.97. The zero-order valence-corrected chi connectivity index (χ0v) is 26.7. The normalized spacial score (nSPS) is 11.7. The van der Waals surface area contributed by atoms with Gasteiger partial charge in [0, 0.05) is 31.0 Å². The van der Waals surface area contributed by atoms with Crippen LogP contribution in [0.4, 0.5) is 11.4 Å². The van der Waals surface area contributed by atoms with E-state index in [1.54, 1.807) is 60.7 Å². The second-order valence-electron chi connectivity index (χ2n) is 9.20. The van der Waals surface area contributed by atoms with Gasteiger partial charge < -0.3 is 25.4 Å². The number of anilines is 2. The van der Waals surface area contributed by atoms with Crippen LogP contribution in [0.15, 0.2) is 108 Å². The lowest BCUT2D eigenvalue weighted by Crippen LogP contribution is -2.30. The molecular weight excluding hydrogens is 677 g/mol. The molecule has 0 aliphatic rings. The van der Waals surface area contributed by atoms with Gasteiger partial charge >= 0.3 is 0 Å². The number of amides is 3. The van der Waals surface area contributed by atoms with Gasteiger partial charge in [0.05, 0.1) is 19.5 Å². The zero-order chi connectivity index (χ0) is 30.8. The summed E-state index contributed by atoms with van der Waals surface area (Å²) in [4.78, 5) is 40.0. The first-order valence-corrected chi connectivity index (χ1v) is 15.2. The standard InChI is InChI=1S/C33H30IN3O5S/c1-21(31(38)35-25-14-12-24(34)13-15-25)43-27-18-16-26(17-19-27)36-33(40)28(37-32(39)22-8-5-4-6-9-22)20-23-10-7-11-29(41-2)30(23)42-3/h4-21H,1-3H3,(H,35,38)(H,36,40)(H,37,39)/b28-20-. The molecule has 10 heteroatoms. The molecule has 0 radical (unpaired) electrons. The van der Waals surface area contributed by atoms with Crippen molar-refractivity contribution < 1.29 is 23.9 Å². The third-order valence-electron chi connectivity index (χ3n) is 6.17. The fourth-order valence-corrected chi connectivity index (χ4v) is 5.20. The minimum absolute atomic E-state index is 0.0137. The predicted molar refractivity (Wildman–Crippen MR) is 180 cm³/mol. The number of rotatable bonds is 11. The number of hydrogen-bond acceptors (Lipinski definition) is 6. The number of carbonyl (C=O) groups excluding carboxylic acids is 3. The number of halogens is 1. The summed E-state index contributed by atoms with van der Waals surface area (Å²) in [5.74, 6) is -0.167. The van der Waals surface area contributed by atoms with Gasteiger partial charge in [0.1, 0.15) is 5.70 Å². The van der Waals surface area contributed by atoms with Crippen LogP contribution in [0.25, 0.3) is 6.08 Å². The van der Waals surface area contributed by atoms with Crippen molar-refractivity contribution in [3.05, 3.63) is 117 Å². The number of carbonyl (C=O) groups is 3. The molecule has 3 N–H and O–H groups in total. The van der Waals surface area contributed by atoms with Crippen molar-refractivity contribution in [3.8, 4) is 11.5 Å². The van der Waals surface area contributed by atoms with Crippen LogP contribution < -0.4 is 25.4 Å². The molecule has 4 rings (SSSR count). The van der Waals surface area contributed by atoms with Crippen LogP contribution in [0.1, 0.15) is 22.8 Å². The zero-order valence-electron chi connectivity index (χ0n) is 23.7. The largest absolute Gasteiger partial charge is 0.493 e. The van der Waals surface area contributed by atoms with E-state index in [0.717, 1.165) is 14.2 Å². The SMILES string of the molecule is COc1cccc(/C=C(\NC(=O)c2ccccc2)C(=O)Nc2ccc(SC(C)C(=O)Nc3ccc(I)cc3)cc2)c1OC. The lowest BCUT2D eigenvalue weighted by Gasteiger charge is -2.14. The van der Waals surface area contributed by atoms with Crippen LogP contribution in [0.5, 0.6) is 11.5 Å². The summed E-state index contributed by atoms with van der Waals surface area (Å²) in [6, 6.07) is 28.6. The molecule has 0 heterocycles. The minimum Gasteiger partial charge on any atom is -0.493 e. The number of hydrogen-bond donors (Lipinski definition) is 3. The van der Waals surface area contributed by atoms with E-state index in [0.29, 0.717) is 28.3 Å². The first kappa shape index (κ1) is 31.6. The smallest absolute Gasteiger partial charge is 0.272 e. The molecule has 1 unspecified atom stereocenters. The van der Waals surface area contributed by atoms with Crippen molar-refractivity contribution in [1.82, 2.24) is 5.32 Å². The van der Waals surface area contributed by atoms with Crippen molar-refractivity contribution in [2.75, 3.05) is 24.9 Å². The summed E-state index contributed by atoms with van der Waals surface area (Å²) in [6.07, 6.45) is 1.54. The number of para-hydroxylation sites is 1. The Balaban J connectivity index is 1.49. The summed E-state index contributed by atoms with van der Waals surface area (Å²) in [7, 11) is 3.03. The number of benzene rings is 4. The quantitative estimate of drug-likeness (QED) is 0.0897. The Morgan fingerprint density at radius 2 is 1.44 bits per heavy atom. The van der Waals surface area contributed by atoms with Crippen molar-refractivity contribution in [2.45, 2.75) is 17.1 Å². The van der Waals surface area contributed by atoms with E-state index >= 15 is 0 Å². The molecule has 8 nitrogen and oxygen atoms in total. The molecule has 0 aliphatic carbocycles. The van der Waals surface area contributed by atoms with Crippen LogP contribution in [-0.2, 0) is 9.59 Å². The molecule has 0 aromatic heterocycles. The lowest BCUT2D eigenvalue weighted by atomic mass is 10.1. The Morgan fingerprint density at radius 3 is 2.09 bits per heavy atom. The van der Waals surface area contributed by atoms with Gasteiger partial charge in [0.25, 0.3) is 11.8 Å². The maximum absolute atomic E-state index is 13.5. The Bertz CT molecular complexity index is 1610. The Kier molecular flexibility index (Phi) is 11.2. The Morgan fingerprint density at radius 1 is 0.791 bits per heavy atom. The van der Waals surface area contributed by atoms with E-state index in [1.165, 1.54) is 32.1 Å². The summed E-state index contributed by atoms with van der Waals surface area (Å²) < 4.78 is 12.0. The van der Waals surface area contributed by atoms with Crippen molar-refractivity contribution >= 4 is 69.5 Å². The molecule has 4 aromatic rings. The van der Waals surface area contributed by atoms with Gasteiger partial charge in [-0.05, 0) is 102 Å². The van der Waals surface area contributed by atoms with Crippen LogP contribution in [0, 0.1) is 3.57 Å². The van der Waals surface area contributed by atoms with Crippen molar-refractivity contribution in [3.63, 3.8) is 0 Å². The highest BCUT2D eigenvalue weighted by Crippen LogP contribution is 2.32. The van der Waals surface area contributed by atoms with Crippen LogP contribution in [-0.4, -0.2) is 37.2 Å². The van der Waals surface area contributed by atoms with Crippen LogP contribution >= 0.6 is 34.4 Å². The summed E-state index contributed by atoms with van der Waals surface area (Å²) in [6.45, 7) is 1.84. The first-order valence-electron chi connectivity index (χ1n) is 13.2. The molecular formula is C33H30IN3O5S. The highest BCUT2D eigenvalue weighted by atomic mass is 127. The van der Waals surface area contributed by atoms with Crippen LogP contribution in [0.2, 0.25) is 0 Å². The van der Waals surface area contributed by atoms with Gasteiger partial charge in [0.2, 0.25) is 5.91 Å². The van der Waals surface area contributed by atoms with Gasteiger partial charge in [-0.3, -0.25) is 14.4 Å². The molecule has 0 saturated carbocycles. The second-order valence-corrected chi connectivity index (χ2v) is 11.9. The third-order valence-corrected chi connectivity index (χ3v) is 8.00. The highest BCUT2D eigenvalue weighted by Gasteiger charge is 2.18. The van der Waals surface area contributed by atoms with E-state index < -0.39 is 11.8 Å². The molecule has 3 amide bonds. The fraction of sp³-hybridized carbons (Fsp3) is 0.121. The molecule has 0 aliphatic heterocycles. The number of nitrogens with one attached hydrogen (secondary N) is 3. The maximum atomic E-state index is 13.5. The van der Waals surface area contributed by atoms with E-state index in [2.05, 4.69) is 38.5 Å². The summed E-state index contributed by atoms with van der Waals surface area (Å²) >= 11 is 3.62. The first-order chi connectivity index (χ1) is 20.8. The predicted octanol–water partition coefficient (Wildman–Crippen LogP) is 6.84. The highest BCUT2D eigenvalue weighted by molar-refractivity contribution is 14.1.